The highest BCUT2D eigenvalue weighted by atomic mass is 19.1. The smallest absolute Gasteiger partial charge is 0.251 e. The molecular weight excluding hydrogens is 363 g/mol. The molecule has 0 spiro atoms. The average Bonchev–Trinajstić information content (AvgIpc) is 2.68. The highest BCUT2D eigenvalue weighted by molar-refractivity contribution is 6.12. The van der Waals surface area contributed by atoms with Crippen molar-refractivity contribution in [2.45, 2.75) is 25.8 Å². The Morgan fingerprint density at radius 1 is 1.46 bits per heavy atom. The topological polar surface area (TPSA) is 124 Å². The summed E-state index contributed by atoms with van der Waals surface area (Å²) >= 11 is 0. The molecule has 0 aromatic carbocycles. The number of primary amides is 1. The van der Waals surface area contributed by atoms with Gasteiger partial charge in [0.05, 0.1) is 11.3 Å². The molecule has 28 heavy (non-hydrogen) atoms. The Labute approximate surface area is 163 Å². The Hall–Kier alpha value is -3.23. The molecule has 150 valence electrons. The predicted molar refractivity (Wildman–Crippen MR) is 107 cm³/mol. The summed E-state index contributed by atoms with van der Waals surface area (Å²) in [5.41, 5.74) is 5.82. The summed E-state index contributed by atoms with van der Waals surface area (Å²) in [7, 11) is 1.64. The standard InChI is InChI=1S/C19H25FN6O2/c1-4-14(27)26-7-5-6-13(10-26)24-19-16(20)11(2)15(18(22)28)17(25-19)12(8-21)9-23-3/h4,8-9,13,21,23H,1,5-7,10H2,2-3H3,(H2,22,28)(H,24,25)/b12-9+,21-8?. The van der Waals surface area contributed by atoms with Gasteiger partial charge in [-0.15, -0.1) is 0 Å². The van der Waals surface area contributed by atoms with E-state index in [9.17, 15) is 14.0 Å². The number of nitrogens with one attached hydrogen (secondary N) is 3. The largest absolute Gasteiger partial charge is 0.393 e. The number of hydrogen-bond donors (Lipinski definition) is 4. The molecule has 9 heteroatoms. The van der Waals surface area contributed by atoms with Gasteiger partial charge in [-0.3, -0.25) is 9.59 Å². The van der Waals surface area contributed by atoms with Crippen molar-refractivity contribution < 1.29 is 14.0 Å². The Kier molecular flexibility index (Phi) is 6.86. The van der Waals surface area contributed by atoms with Crippen molar-refractivity contribution in [3.63, 3.8) is 0 Å². The van der Waals surface area contributed by atoms with Gasteiger partial charge in [0.1, 0.15) is 0 Å². The number of carbonyl (C=O) groups excluding carboxylic acids is 2. The van der Waals surface area contributed by atoms with E-state index in [-0.39, 0.29) is 40.2 Å². The van der Waals surface area contributed by atoms with Crippen molar-refractivity contribution in [2.24, 2.45) is 5.73 Å². The van der Waals surface area contributed by atoms with Crippen LogP contribution in [-0.4, -0.2) is 54.1 Å². The van der Waals surface area contributed by atoms with Gasteiger partial charge >= 0.3 is 0 Å². The number of anilines is 1. The van der Waals surface area contributed by atoms with E-state index in [0.29, 0.717) is 13.1 Å². The van der Waals surface area contributed by atoms with E-state index in [0.717, 1.165) is 19.1 Å². The number of piperidine rings is 1. The minimum atomic E-state index is -0.824. The number of pyridine rings is 1. The maximum absolute atomic E-state index is 14.9. The molecule has 2 heterocycles. The summed E-state index contributed by atoms with van der Waals surface area (Å²) in [4.78, 5) is 29.6. The molecule has 1 atom stereocenters. The molecular formula is C19H25FN6O2. The molecule has 0 bridgehead atoms. The summed E-state index contributed by atoms with van der Waals surface area (Å²) in [5.74, 6) is -1.73. The van der Waals surface area contributed by atoms with Gasteiger partial charge in [-0.2, -0.15) is 0 Å². The Morgan fingerprint density at radius 3 is 2.75 bits per heavy atom. The fourth-order valence-corrected chi connectivity index (χ4v) is 3.24. The van der Waals surface area contributed by atoms with Crippen LogP contribution >= 0.6 is 0 Å². The molecule has 1 unspecified atom stereocenters. The minimum absolute atomic E-state index is 0.0424. The van der Waals surface area contributed by atoms with E-state index in [2.05, 4.69) is 22.2 Å². The second-order valence-electron chi connectivity index (χ2n) is 6.49. The van der Waals surface area contributed by atoms with E-state index in [4.69, 9.17) is 11.1 Å². The van der Waals surface area contributed by atoms with Gasteiger partial charge in [0.25, 0.3) is 5.91 Å². The second kappa shape index (κ2) is 9.12. The molecule has 8 nitrogen and oxygen atoms in total. The lowest BCUT2D eigenvalue weighted by Crippen LogP contribution is -2.44. The molecule has 1 aromatic heterocycles. The summed E-state index contributed by atoms with van der Waals surface area (Å²) < 4.78 is 14.9. The van der Waals surface area contributed by atoms with Crippen LogP contribution in [0.1, 0.15) is 34.5 Å². The second-order valence-corrected chi connectivity index (χ2v) is 6.49. The molecule has 1 aliphatic heterocycles. The van der Waals surface area contributed by atoms with Crippen LogP contribution in [0.2, 0.25) is 0 Å². The van der Waals surface area contributed by atoms with E-state index in [1.807, 2.05) is 0 Å². The Morgan fingerprint density at radius 2 is 2.18 bits per heavy atom. The third-order valence-corrected chi connectivity index (χ3v) is 4.60. The quantitative estimate of drug-likeness (QED) is 0.415. The van der Waals surface area contributed by atoms with Gasteiger partial charge in [0.2, 0.25) is 5.91 Å². The van der Waals surface area contributed by atoms with Gasteiger partial charge in [-0.25, -0.2) is 9.37 Å². The number of nitrogens with two attached hydrogens (primary N) is 1. The fourth-order valence-electron chi connectivity index (χ4n) is 3.24. The van der Waals surface area contributed by atoms with Crippen LogP contribution in [-0.2, 0) is 4.79 Å². The van der Waals surface area contributed by atoms with E-state index in [1.165, 1.54) is 19.2 Å². The number of allylic oxidation sites excluding steroid dienone is 1. The van der Waals surface area contributed by atoms with Crippen molar-refractivity contribution in [2.75, 3.05) is 25.5 Å². The monoisotopic (exact) mass is 388 g/mol. The number of aromatic nitrogens is 1. The summed E-state index contributed by atoms with van der Waals surface area (Å²) in [6.07, 6.45) is 5.24. The summed E-state index contributed by atoms with van der Waals surface area (Å²) in [5, 5.41) is 13.4. The van der Waals surface area contributed by atoms with Crippen molar-refractivity contribution >= 4 is 29.4 Å². The SMILES string of the molecule is C=CC(=O)N1CCCC(Nc2nc(/C(C=N)=C/NC)c(C(N)=O)c(C)c2F)C1. The zero-order valence-corrected chi connectivity index (χ0v) is 16.0. The lowest BCUT2D eigenvalue weighted by Gasteiger charge is -2.33. The lowest BCUT2D eigenvalue weighted by molar-refractivity contribution is -0.127. The summed E-state index contributed by atoms with van der Waals surface area (Å²) in [6, 6.07) is -0.206. The van der Waals surface area contributed by atoms with Gasteiger partial charge in [-0.05, 0) is 25.8 Å². The molecule has 1 aliphatic rings. The normalized spacial score (nSPS) is 17.0. The van der Waals surface area contributed by atoms with Crippen molar-refractivity contribution in [1.82, 2.24) is 15.2 Å². The number of carbonyl (C=O) groups is 2. The molecule has 1 saturated heterocycles. The highest BCUT2D eigenvalue weighted by Gasteiger charge is 2.26. The van der Waals surface area contributed by atoms with Crippen molar-refractivity contribution in [3.8, 4) is 0 Å². The first-order valence-electron chi connectivity index (χ1n) is 8.90. The third-order valence-electron chi connectivity index (χ3n) is 4.60. The third kappa shape index (κ3) is 4.36. The number of rotatable bonds is 7. The number of hydrogen-bond acceptors (Lipinski definition) is 6. The average molecular weight is 388 g/mol. The zero-order valence-electron chi connectivity index (χ0n) is 16.0. The Balaban J connectivity index is 2.44. The number of likely N-dealkylation sites (tertiary alicyclic amines) is 1. The van der Waals surface area contributed by atoms with E-state index < -0.39 is 11.7 Å². The van der Waals surface area contributed by atoms with Crippen LogP contribution in [0, 0.1) is 18.2 Å². The van der Waals surface area contributed by atoms with E-state index in [1.54, 1.807) is 11.9 Å². The minimum Gasteiger partial charge on any atom is -0.393 e. The van der Waals surface area contributed by atoms with Crippen LogP contribution in [0.5, 0.6) is 0 Å². The van der Waals surface area contributed by atoms with Gasteiger partial charge in [0, 0.05) is 49.7 Å². The molecule has 2 amide bonds. The Bertz CT molecular complexity index is 836. The van der Waals surface area contributed by atoms with E-state index >= 15 is 0 Å². The van der Waals surface area contributed by atoms with Crippen molar-refractivity contribution in [3.05, 3.63) is 41.5 Å². The predicted octanol–water partition coefficient (Wildman–Crippen LogP) is 1.43. The first-order chi connectivity index (χ1) is 13.3. The summed E-state index contributed by atoms with van der Waals surface area (Å²) in [6.45, 7) is 5.95. The molecule has 5 N–H and O–H groups in total. The number of halogens is 1. The number of nitrogens with zero attached hydrogens (tertiary/aromatic N) is 2. The van der Waals surface area contributed by atoms with Crippen LogP contribution in [0.15, 0.2) is 18.9 Å². The molecule has 0 aliphatic carbocycles. The van der Waals surface area contributed by atoms with Crippen LogP contribution < -0.4 is 16.4 Å². The molecule has 1 aromatic rings. The fraction of sp³-hybridized carbons (Fsp3) is 0.368. The maximum atomic E-state index is 14.9. The molecule has 0 saturated carbocycles. The van der Waals surface area contributed by atoms with Gasteiger partial charge < -0.3 is 26.7 Å². The highest BCUT2D eigenvalue weighted by Crippen LogP contribution is 2.27. The lowest BCUT2D eigenvalue weighted by atomic mass is 10.0. The first-order valence-corrected chi connectivity index (χ1v) is 8.90. The number of amides is 2. The van der Waals surface area contributed by atoms with Gasteiger partial charge in [-0.1, -0.05) is 6.58 Å². The van der Waals surface area contributed by atoms with Crippen LogP contribution in [0.25, 0.3) is 5.57 Å². The van der Waals surface area contributed by atoms with Crippen LogP contribution in [0.4, 0.5) is 10.2 Å². The molecule has 1 fully saturated rings. The zero-order chi connectivity index (χ0) is 20.8. The van der Waals surface area contributed by atoms with Crippen molar-refractivity contribution in [1.29, 1.82) is 5.41 Å². The molecule has 0 radical (unpaired) electrons. The van der Waals surface area contributed by atoms with Crippen LogP contribution in [0.3, 0.4) is 0 Å². The van der Waals surface area contributed by atoms with Gasteiger partial charge in [0.15, 0.2) is 11.6 Å². The maximum Gasteiger partial charge on any atom is 0.251 e. The molecule has 2 rings (SSSR count). The first kappa shape index (κ1) is 21.1.